The molecule has 6 rings (SSSR count). The van der Waals surface area contributed by atoms with Crippen LogP contribution in [0.15, 0.2) is 120 Å². The van der Waals surface area contributed by atoms with E-state index in [-0.39, 0.29) is 5.41 Å². The van der Waals surface area contributed by atoms with Crippen LogP contribution in [0.2, 0.25) is 5.02 Å². The second-order valence-electron chi connectivity index (χ2n) is 9.67. The minimum atomic E-state index is -0.269. The highest BCUT2D eigenvalue weighted by atomic mass is 79.9. The molecule has 2 nitrogen and oxygen atoms in total. The Morgan fingerprint density at radius 2 is 1.30 bits per heavy atom. The van der Waals surface area contributed by atoms with Crippen molar-refractivity contribution in [1.29, 1.82) is 0 Å². The van der Waals surface area contributed by atoms with E-state index >= 15 is 0 Å². The van der Waals surface area contributed by atoms with Gasteiger partial charge in [0.25, 0.3) is 0 Å². The summed E-state index contributed by atoms with van der Waals surface area (Å²) in [6.45, 7) is 4.54. The zero-order chi connectivity index (χ0) is 25.6. The molecule has 5 aromatic rings. The molecule has 1 aliphatic rings. The molecule has 0 aromatic heterocycles. The maximum Gasteiger partial charge on any atom is 0.156 e. The van der Waals surface area contributed by atoms with E-state index in [2.05, 4.69) is 120 Å². The number of anilines is 3. The highest BCUT2D eigenvalue weighted by Gasteiger charge is 2.40. The Balaban J connectivity index is 1.66. The van der Waals surface area contributed by atoms with E-state index in [9.17, 15) is 0 Å². The Labute approximate surface area is 231 Å². The summed E-state index contributed by atoms with van der Waals surface area (Å²) in [5, 5.41) is 0.547. The maximum atomic E-state index is 6.85. The quantitative estimate of drug-likeness (QED) is 0.210. The van der Waals surface area contributed by atoms with E-state index in [1.165, 1.54) is 16.7 Å². The van der Waals surface area contributed by atoms with Crippen molar-refractivity contribution < 1.29 is 4.74 Å². The smallest absolute Gasteiger partial charge is 0.156 e. The minimum Gasteiger partial charge on any atom is -0.453 e. The summed E-state index contributed by atoms with van der Waals surface area (Å²) in [7, 11) is 0. The highest BCUT2D eigenvalue weighted by Crippen LogP contribution is 2.57. The molecule has 0 amide bonds. The van der Waals surface area contributed by atoms with Crippen molar-refractivity contribution in [2.24, 2.45) is 0 Å². The lowest BCUT2D eigenvalue weighted by Gasteiger charge is -2.31. The molecule has 0 heterocycles. The Bertz CT molecular complexity index is 1560. The van der Waals surface area contributed by atoms with Crippen LogP contribution < -0.4 is 9.64 Å². The van der Waals surface area contributed by atoms with Crippen LogP contribution >= 0.6 is 27.5 Å². The summed E-state index contributed by atoms with van der Waals surface area (Å²) in [4.78, 5) is 2.25. The first kappa shape index (κ1) is 23.8. The van der Waals surface area contributed by atoms with Gasteiger partial charge in [0.15, 0.2) is 5.75 Å². The first-order valence-corrected chi connectivity index (χ1v) is 13.4. The molecule has 0 spiro atoms. The topological polar surface area (TPSA) is 12.5 Å². The molecule has 0 radical (unpaired) electrons. The number of benzene rings is 5. The van der Waals surface area contributed by atoms with Gasteiger partial charge in [-0.05, 0) is 75.1 Å². The lowest BCUT2D eigenvalue weighted by Crippen LogP contribution is -2.18. The zero-order valence-corrected chi connectivity index (χ0v) is 22.9. The van der Waals surface area contributed by atoms with Gasteiger partial charge in [0.1, 0.15) is 5.75 Å². The van der Waals surface area contributed by atoms with Gasteiger partial charge in [0.2, 0.25) is 0 Å². The first-order valence-electron chi connectivity index (χ1n) is 12.3. The van der Waals surface area contributed by atoms with Gasteiger partial charge >= 0.3 is 0 Å². The minimum absolute atomic E-state index is 0.269. The fraction of sp³-hybridized carbons (Fsp3) is 0.0909. The van der Waals surface area contributed by atoms with Gasteiger partial charge in [-0.25, -0.2) is 0 Å². The number of halogens is 2. The third kappa shape index (κ3) is 4.03. The Morgan fingerprint density at radius 1 is 0.676 bits per heavy atom. The summed E-state index contributed by atoms with van der Waals surface area (Å²) in [6, 6.07) is 39.6. The lowest BCUT2D eigenvalue weighted by molar-refractivity contribution is 0.466. The molecule has 0 fully saturated rings. The molecule has 37 heavy (non-hydrogen) atoms. The number of hydrogen-bond acceptors (Lipinski definition) is 2. The second-order valence-corrected chi connectivity index (χ2v) is 10.9. The Morgan fingerprint density at radius 3 is 1.97 bits per heavy atom. The predicted octanol–water partition coefficient (Wildman–Crippen LogP) is 10.7. The number of fused-ring (bicyclic) bond motifs is 3. The van der Waals surface area contributed by atoms with E-state index in [4.69, 9.17) is 16.3 Å². The number of rotatable bonds is 5. The van der Waals surface area contributed by atoms with Crippen molar-refractivity contribution in [3.63, 3.8) is 0 Å². The molecule has 5 aromatic carbocycles. The van der Waals surface area contributed by atoms with Gasteiger partial charge in [0, 0.05) is 26.8 Å². The largest absolute Gasteiger partial charge is 0.453 e. The molecule has 0 aliphatic heterocycles. The Kier molecular flexibility index (Phi) is 6.06. The van der Waals surface area contributed by atoms with E-state index < -0.39 is 0 Å². The van der Waals surface area contributed by atoms with Crippen LogP contribution in [0.25, 0.3) is 11.1 Å². The zero-order valence-electron chi connectivity index (χ0n) is 20.6. The molecule has 0 atom stereocenters. The molecular weight excluding hydrogens is 542 g/mol. The summed E-state index contributed by atoms with van der Waals surface area (Å²) in [6.07, 6.45) is 0. The monoisotopic (exact) mass is 565 g/mol. The van der Waals surface area contributed by atoms with E-state index in [0.717, 1.165) is 32.8 Å². The average molecular weight is 567 g/mol. The predicted molar refractivity (Wildman–Crippen MR) is 158 cm³/mol. The lowest BCUT2D eigenvalue weighted by atomic mass is 9.81. The summed E-state index contributed by atoms with van der Waals surface area (Å²) < 4.78 is 7.65. The van der Waals surface area contributed by atoms with Crippen LogP contribution in [0, 0.1) is 0 Å². The Hall–Kier alpha value is -3.53. The third-order valence-electron chi connectivity index (χ3n) is 7.05. The van der Waals surface area contributed by atoms with Crippen molar-refractivity contribution in [2.75, 3.05) is 4.90 Å². The molecule has 0 unspecified atom stereocenters. The summed E-state index contributed by atoms with van der Waals surface area (Å²) >= 11 is 10.3. The number of ether oxygens (including phenoxy) is 1. The van der Waals surface area contributed by atoms with Gasteiger partial charge in [-0.3, -0.25) is 0 Å². The van der Waals surface area contributed by atoms with E-state index in [1.807, 2.05) is 30.3 Å². The average Bonchev–Trinajstić information content (AvgIpc) is 3.16. The number of nitrogens with zero attached hydrogens (tertiary/aromatic N) is 1. The molecule has 0 saturated heterocycles. The van der Waals surface area contributed by atoms with Crippen LogP contribution in [-0.4, -0.2) is 0 Å². The fourth-order valence-electron chi connectivity index (χ4n) is 5.35. The molecule has 4 heteroatoms. The molecule has 0 bridgehead atoms. The van der Waals surface area contributed by atoms with E-state index in [0.29, 0.717) is 10.8 Å². The van der Waals surface area contributed by atoms with Gasteiger partial charge in [-0.15, -0.1) is 0 Å². The van der Waals surface area contributed by atoms with Crippen LogP contribution in [-0.2, 0) is 5.41 Å². The molecule has 1 aliphatic carbocycles. The van der Waals surface area contributed by atoms with Gasteiger partial charge in [0.05, 0.1) is 10.7 Å². The van der Waals surface area contributed by atoms with E-state index in [1.54, 1.807) is 0 Å². The molecule has 182 valence electrons. The van der Waals surface area contributed by atoms with Crippen molar-refractivity contribution in [1.82, 2.24) is 0 Å². The maximum absolute atomic E-state index is 6.85. The number of para-hydroxylation sites is 2. The second kappa shape index (κ2) is 9.41. The SMILES string of the molecule is CC1(C)c2ccccc2-c2ccc(N(c3ccccc3)c3ccccc3)c(Oc3cccc(Br)c3Cl)c21. The van der Waals surface area contributed by atoms with Crippen molar-refractivity contribution in [3.8, 4) is 22.6 Å². The van der Waals surface area contributed by atoms with Crippen molar-refractivity contribution in [3.05, 3.63) is 136 Å². The standard InChI is InChI=1S/C33H25BrClNO/c1-33(2)26-17-10-9-16-24(26)25-20-21-28(32(30(25)33)37-29-19-11-18-27(34)31(29)35)36(22-12-5-3-6-13-22)23-14-7-4-8-15-23/h3-21H,1-2H3. The van der Waals surface area contributed by atoms with Crippen LogP contribution in [0.4, 0.5) is 17.1 Å². The van der Waals surface area contributed by atoms with Gasteiger partial charge < -0.3 is 9.64 Å². The third-order valence-corrected chi connectivity index (χ3v) is 8.33. The van der Waals surface area contributed by atoms with Crippen LogP contribution in [0.1, 0.15) is 25.0 Å². The summed E-state index contributed by atoms with van der Waals surface area (Å²) in [5.41, 5.74) is 7.65. The first-order chi connectivity index (χ1) is 18.0. The summed E-state index contributed by atoms with van der Waals surface area (Å²) in [5.74, 6) is 1.41. The fourth-order valence-corrected chi connectivity index (χ4v) is 5.86. The van der Waals surface area contributed by atoms with Crippen molar-refractivity contribution in [2.45, 2.75) is 19.3 Å². The van der Waals surface area contributed by atoms with Gasteiger partial charge in [-0.1, -0.05) is 98.2 Å². The molecular formula is C33H25BrClNO. The van der Waals surface area contributed by atoms with Crippen LogP contribution in [0.3, 0.4) is 0 Å². The normalized spacial score (nSPS) is 13.1. The van der Waals surface area contributed by atoms with Gasteiger partial charge in [-0.2, -0.15) is 0 Å². The van der Waals surface area contributed by atoms with Crippen molar-refractivity contribution >= 4 is 44.6 Å². The highest BCUT2D eigenvalue weighted by molar-refractivity contribution is 9.10. The molecule has 0 N–H and O–H groups in total. The molecule has 0 saturated carbocycles. The number of hydrogen-bond donors (Lipinski definition) is 0. The van der Waals surface area contributed by atoms with Crippen LogP contribution in [0.5, 0.6) is 11.5 Å².